The minimum atomic E-state index is -0.389. The van der Waals surface area contributed by atoms with Gasteiger partial charge in [-0.3, -0.25) is 4.79 Å². The van der Waals surface area contributed by atoms with E-state index in [0.717, 1.165) is 29.1 Å². The number of aromatic nitrogens is 1. The van der Waals surface area contributed by atoms with Crippen molar-refractivity contribution in [2.45, 2.75) is 45.7 Å². The highest BCUT2D eigenvalue weighted by atomic mass is 32.1. The number of aryl methyl sites for hydroxylation is 1. The Morgan fingerprint density at radius 2 is 2.53 bits per heavy atom. The molecule has 1 aromatic heterocycles. The van der Waals surface area contributed by atoms with Crippen LogP contribution in [0.2, 0.25) is 0 Å². The largest absolute Gasteiger partial charge is 0.351 e. The van der Waals surface area contributed by atoms with Gasteiger partial charge in [-0.25, -0.2) is 4.98 Å². The molecule has 0 radical (unpaired) electrons. The second-order valence-electron chi connectivity index (χ2n) is 4.94. The van der Waals surface area contributed by atoms with Crippen LogP contribution in [0.25, 0.3) is 0 Å². The van der Waals surface area contributed by atoms with E-state index >= 15 is 0 Å². The zero-order valence-electron chi connectivity index (χ0n) is 10.3. The molecular weight excluding hydrogens is 234 g/mol. The lowest BCUT2D eigenvalue weighted by molar-refractivity contribution is -0.130. The van der Waals surface area contributed by atoms with Crippen LogP contribution in [0.5, 0.6) is 0 Å². The number of nitrogens with zero attached hydrogens (tertiary/aromatic N) is 1. The maximum absolute atomic E-state index is 12.2. The first-order valence-electron chi connectivity index (χ1n) is 5.97. The second-order valence-corrected chi connectivity index (χ2v) is 6.26. The maximum Gasteiger partial charge on any atom is 0.227 e. The van der Waals surface area contributed by atoms with Gasteiger partial charge in [-0.15, -0.1) is 11.3 Å². The Labute approximate surface area is 106 Å². The van der Waals surface area contributed by atoms with Crippen molar-refractivity contribution >= 4 is 17.2 Å². The van der Waals surface area contributed by atoms with Crippen LogP contribution in [0.3, 0.4) is 0 Å². The van der Waals surface area contributed by atoms with Gasteiger partial charge in [0, 0.05) is 17.1 Å². The summed E-state index contributed by atoms with van der Waals surface area (Å²) in [6, 6.07) is -0.00861. The van der Waals surface area contributed by atoms with Gasteiger partial charge >= 0.3 is 0 Å². The van der Waals surface area contributed by atoms with Gasteiger partial charge < -0.3 is 11.1 Å². The quantitative estimate of drug-likeness (QED) is 0.859. The fraction of sp³-hybridized carbons (Fsp3) is 0.667. The van der Waals surface area contributed by atoms with Crippen molar-refractivity contribution < 1.29 is 4.79 Å². The van der Waals surface area contributed by atoms with E-state index in [-0.39, 0.29) is 17.4 Å². The molecule has 1 aliphatic rings. The van der Waals surface area contributed by atoms with Crippen LogP contribution in [0.1, 0.15) is 36.1 Å². The molecule has 0 saturated heterocycles. The van der Waals surface area contributed by atoms with Gasteiger partial charge in [0.1, 0.15) is 0 Å². The lowest BCUT2D eigenvalue weighted by Crippen LogP contribution is -2.47. The van der Waals surface area contributed by atoms with Crippen molar-refractivity contribution in [2.75, 3.05) is 0 Å². The summed E-state index contributed by atoms with van der Waals surface area (Å²) in [7, 11) is 0. The molecule has 1 aliphatic carbocycles. The number of amides is 1. The minimum absolute atomic E-state index is 0.00861. The van der Waals surface area contributed by atoms with Crippen LogP contribution in [-0.2, 0) is 11.3 Å². The zero-order valence-corrected chi connectivity index (χ0v) is 11.1. The van der Waals surface area contributed by atoms with E-state index in [2.05, 4.69) is 10.3 Å². The Morgan fingerprint density at radius 1 is 1.76 bits per heavy atom. The molecule has 5 heteroatoms. The summed E-state index contributed by atoms with van der Waals surface area (Å²) < 4.78 is 0. The molecule has 0 aliphatic heterocycles. The van der Waals surface area contributed by atoms with Crippen molar-refractivity contribution in [3.63, 3.8) is 0 Å². The first kappa shape index (κ1) is 12.5. The summed E-state index contributed by atoms with van der Waals surface area (Å²) in [5.41, 5.74) is 5.63. The summed E-state index contributed by atoms with van der Waals surface area (Å²) in [6.45, 7) is 4.49. The molecular formula is C12H19N3OS. The van der Waals surface area contributed by atoms with E-state index in [1.165, 1.54) is 0 Å². The SMILES string of the molecule is Cc1ncc(CNC(=O)C2(C)CCCC2N)s1. The van der Waals surface area contributed by atoms with Gasteiger partial charge in [0.25, 0.3) is 0 Å². The Hall–Kier alpha value is -0.940. The van der Waals surface area contributed by atoms with E-state index in [1.54, 1.807) is 11.3 Å². The third kappa shape index (κ3) is 2.50. The van der Waals surface area contributed by atoms with Crippen molar-refractivity contribution in [1.29, 1.82) is 0 Å². The number of rotatable bonds is 3. The fourth-order valence-corrected chi connectivity index (χ4v) is 3.07. The van der Waals surface area contributed by atoms with Gasteiger partial charge in [0.15, 0.2) is 0 Å². The van der Waals surface area contributed by atoms with Crippen LogP contribution in [0, 0.1) is 12.3 Å². The molecule has 3 N–H and O–H groups in total. The highest BCUT2D eigenvalue weighted by Crippen LogP contribution is 2.36. The fourth-order valence-electron chi connectivity index (χ4n) is 2.33. The average molecular weight is 253 g/mol. The third-order valence-corrected chi connectivity index (χ3v) is 4.55. The van der Waals surface area contributed by atoms with Crippen LogP contribution < -0.4 is 11.1 Å². The molecule has 1 saturated carbocycles. The molecule has 4 nitrogen and oxygen atoms in total. The minimum Gasteiger partial charge on any atom is -0.351 e. The highest BCUT2D eigenvalue weighted by Gasteiger charge is 2.42. The van der Waals surface area contributed by atoms with E-state index in [0.29, 0.717) is 6.54 Å². The lowest BCUT2D eigenvalue weighted by Gasteiger charge is -2.27. The van der Waals surface area contributed by atoms with Crippen LogP contribution >= 0.6 is 11.3 Å². The van der Waals surface area contributed by atoms with E-state index < -0.39 is 0 Å². The molecule has 0 aromatic carbocycles. The zero-order chi connectivity index (χ0) is 12.5. The maximum atomic E-state index is 12.2. The number of hydrogen-bond donors (Lipinski definition) is 2. The van der Waals surface area contributed by atoms with Crippen LogP contribution in [-0.4, -0.2) is 16.9 Å². The topological polar surface area (TPSA) is 68.0 Å². The predicted molar refractivity (Wildman–Crippen MR) is 68.6 cm³/mol. The standard InChI is InChI=1S/C12H19N3OS/c1-8-14-6-9(17-8)7-15-11(16)12(2)5-3-4-10(12)13/h6,10H,3-5,7,13H2,1-2H3,(H,15,16). The molecule has 0 spiro atoms. The molecule has 17 heavy (non-hydrogen) atoms. The van der Waals surface area contributed by atoms with Gasteiger partial charge in [-0.05, 0) is 26.7 Å². The summed E-state index contributed by atoms with van der Waals surface area (Å²) >= 11 is 1.61. The Morgan fingerprint density at radius 3 is 3.06 bits per heavy atom. The molecule has 1 aromatic rings. The number of carbonyl (C=O) groups excluding carboxylic acids is 1. The second kappa shape index (κ2) is 4.74. The molecule has 1 fully saturated rings. The van der Waals surface area contributed by atoms with Crippen molar-refractivity contribution in [1.82, 2.24) is 10.3 Å². The number of thiazole rings is 1. The monoisotopic (exact) mass is 253 g/mol. The van der Waals surface area contributed by atoms with E-state index in [4.69, 9.17) is 5.73 Å². The van der Waals surface area contributed by atoms with E-state index in [9.17, 15) is 4.79 Å². The van der Waals surface area contributed by atoms with Gasteiger partial charge in [0.05, 0.1) is 17.0 Å². The average Bonchev–Trinajstić information content (AvgIpc) is 2.84. The molecule has 0 bridgehead atoms. The van der Waals surface area contributed by atoms with Gasteiger partial charge in [-0.1, -0.05) is 6.42 Å². The third-order valence-electron chi connectivity index (χ3n) is 3.64. The molecule has 94 valence electrons. The first-order chi connectivity index (χ1) is 8.02. The normalized spacial score (nSPS) is 28.3. The Balaban J connectivity index is 1.93. The summed E-state index contributed by atoms with van der Waals surface area (Å²) in [6.07, 6.45) is 4.70. The highest BCUT2D eigenvalue weighted by molar-refractivity contribution is 7.11. The van der Waals surface area contributed by atoms with Crippen molar-refractivity contribution in [2.24, 2.45) is 11.1 Å². The number of nitrogens with two attached hydrogens (primary N) is 1. The summed E-state index contributed by atoms with van der Waals surface area (Å²) in [5.74, 6) is 0.0774. The molecule has 2 rings (SSSR count). The van der Waals surface area contributed by atoms with E-state index in [1.807, 2.05) is 20.0 Å². The Bertz CT molecular complexity index is 418. The number of carbonyl (C=O) groups is 1. The van der Waals surface area contributed by atoms with Crippen molar-refractivity contribution in [3.05, 3.63) is 16.1 Å². The molecule has 2 unspecified atom stereocenters. The summed E-state index contributed by atoms with van der Waals surface area (Å²) in [4.78, 5) is 17.4. The van der Waals surface area contributed by atoms with Gasteiger partial charge in [0.2, 0.25) is 5.91 Å². The predicted octanol–water partition coefficient (Wildman–Crippen LogP) is 1.59. The van der Waals surface area contributed by atoms with Crippen LogP contribution in [0.4, 0.5) is 0 Å². The molecule has 2 atom stereocenters. The molecule has 1 heterocycles. The Kier molecular flexibility index (Phi) is 3.49. The van der Waals surface area contributed by atoms with Crippen LogP contribution in [0.15, 0.2) is 6.20 Å². The van der Waals surface area contributed by atoms with Crippen molar-refractivity contribution in [3.8, 4) is 0 Å². The van der Waals surface area contributed by atoms with Gasteiger partial charge in [-0.2, -0.15) is 0 Å². The summed E-state index contributed by atoms with van der Waals surface area (Å²) in [5, 5.41) is 4.00. The molecule has 1 amide bonds. The number of hydrogen-bond acceptors (Lipinski definition) is 4. The number of nitrogens with one attached hydrogen (secondary N) is 1. The lowest BCUT2D eigenvalue weighted by atomic mass is 9.84. The first-order valence-corrected chi connectivity index (χ1v) is 6.79. The smallest absolute Gasteiger partial charge is 0.227 e.